The predicted octanol–water partition coefficient (Wildman–Crippen LogP) is 5.08. The summed E-state index contributed by atoms with van der Waals surface area (Å²) < 4.78 is 0. The molecule has 0 bridgehead atoms. The maximum absolute atomic E-state index is 10.3. The van der Waals surface area contributed by atoms with Gasteiger partial charge in [-0.15, -0.1) is 0 Å². The van der Waals surface area contributed by atoms with E-state index in [9.17, 15) is 9.90 Å². The van der Waals surface area contributed by atoms with Gasteiger partial charge in [-0.25, -0.2) is 0 Å². The zero-order chi connectivity index (χ0) is 15.8. The van der Waals surface area contributed by atoms with E-state index in [1.165, 1.54) is 32.1 Å². The number of carboxylic acid groups (broad SMARTS) is 1. The predicted molar refractivity (Wildman–Crippen MR) is 88.5 cm³/mol. The van der Waals surface area contributed by atoms with Gasteiger partial charge in [0, 0.05) is 6.42 Å². The fraction of sp³-hybridized carbons (Fsp3) is 0.833. The number of carbonyl (C=O) groups is 1. The number of aliphatic hydroxyl groups is 1. The Morgan fingerprint density at radius 3 is 2.29 bits per heavy atom. The molecule has 0 heterocycles. The molecule has 0 amide bonds. The Balaban J connectivity index is 3.28. The van der Waals surface area contributed by atoms with Gasteiger partial charge < -0.3 is 10.2 Å². The second-order valence-corrected chi connectivity index (χ2v) is 5.90. The maximum Gasteiger partial charge on any atom is 0.303 e. The van der Waals surface area contributed by atoms with Crippen LogP contribution in [0.4, 0.5) is 0 Å². The lowest BCUT2D eigenvalue weighted by Gasteiger charge is -2.08. The highest BCUT2D eigenvalue weighted by molar-refractivity contribution is 5.66. The van der Waals surface area contributed by atoms with Crippen LogP contribution in [0.3, 0.4) is 0 Å². The van der Waals surface area contributed by atoms with Crippen molar-refractivity contribution in [2.75, 3.05) is 0 Å². The Kier molecular flexibility index (Phi) is 14.9. The summed E-state index contributed by atoms with van der Waals surface area (Å²) in [7, 11) is 0. The highest BCUT2D eigenvalue weighted by Gasteiger charge is 2.02. The van der Waals surface area contributed by atoms with Crippen LogP contribution in [0.2, 0.25) is 0 Å². The van der Waals surface area contributed by atoms with Gasteiger partial charge >= 0.3 is 5.97 Å². The van der Waals surface area contributed by atoms with E-state index in [1.807, 2.05) is 0 Å². The van der Waals surface area contributed by atoms with E-state index in [0.717, 1.165) is 44.9 Å². The van der Waals surface area contributed by atoms with Crippen LogP contribution in [-0.4, -0.2) is 22.3 Å². The number of rotatable bonds is 15. The first kappa shape index (κ1) is 20.2. The molecular weight excluding hydrogens is 264 g/mol. The molecule has 0 aliphatic carbocycles. The third kappa shape index (κ3) is 17.1. The number of hydrogen-bond acceptors (Lipinski definition) is 2. The number of hydrogen-bond donors (Lipinski definition) is 2. The van der Waals surface area contributed by atoms with Crippen LogP contribution in [0.25, 0.3) is 0 Å². The van der Waals surface area contributed by atoms with Gasteiger partial charge in [0.1, 0.15) is 0 Å². The maximum atomic E-state index is 10.3. The second kappa shape index (κ2) is 15.6. The lowest BCUT2D eigenvalue weighted by molar-refractivity contribution is -0.137. The van der Waals surface area contributed by atoms with Crippen molar-refractivity contribution in [1.29, 1.82) is 0 Å². The Hall–Kier alpha value is -0.830. The third-order valence-electron chi connectivity index (χ3n) is 3.74. The molecule has 1 unspecified atom stereocenters. The Bertz CT molecular complexity index is 261. The van der Waals surface area contributed by atoms with Gasteiger partial charge in [-0.2, -0.15) is 0 Å². The van der Waals surface area contributed by atoms with Crippen molar-refractivity contribution in [3.63, 3.8) is 0 Å². The van der Waals surface area contributed by atoms with Crippen molar-refractivity contribution in [1.82, 2.24) is 0 Å². The van der Waals surface area contributed by atoms with Crippen molar-refractivity contribution in [3.05, 3.63) is 12.2 Å². The van der Waals surface area contributed by atoms with Gasteiger partial charge in [0.2, 0.25) is 0 Å². The lowest BCUT2D eigenvalue weighted by Crippen LogP contribution is -2.05. The van der Waals surface area contributed by atoms with Crippen LogP contribution >= 0.6 is 0 Å². The zero-order valence-corrected chi connectivity index (χ0v) is 13.7. The van der Waals surface area contributed by atoms with Crippen LogP contribution in [-0.2, 0) is 4.79 Å². The Labute approximate surface area is 130 Å². The van der Waals surface area contributed by atoms with Gasteiger partial charge in [0.15, 0.2) is 0 Å². The van der Waals surface area contributed by atoms with E-state index >= 15 is 0 Å². The number of unbranched alkanes of at least 4 members (excludes halogenated alkanes) is 7. The molecule has 0 saturated carbocycles. The monoisotopic (exact) mass is 298 g/mol. The molecular formula is C18H34O3. The molecule has 21 heavy (non-hydrogen) atoms. The van der Waals surface area contributed by atoms with Crippen molar-refractivity contribution in [2.24, 2.45) is 0 Å². The van der Waals surface area contributed by atoms with Crippen LogP contribution in [0.5, 0.6) is 0 Å². The minimum Gasteiger partial charge on any atom is -0.481 e. The van der Waals surface area contributed by atoms with E-state index in [-0.39, 0.29) is 12.5 Å². The topological polar surface area (TPSA) is 57.5 Å². The van der Waals surface area contributed by atoms with Gasteiger partial charge in [0.25, 0.3) is 0 Å². The summed E-state index contributed by atoms with van der Waals surface area (Å²) in [6.45, 7) is 2.23. The first-order valence-corrected chi connectivity index (χ1v) is 8.71. The largest absolute Gasteiger partial charge is 0.481 e. The Morgan fingerprint density at radius 1 is 0.905 bits per heavy atom. The standard InChI is InChI=1S/C18H34O3/c1-2-3-4-5-8-11-14-17(19)15-12-9-6-7-10-13-16-18(20)21/h6,9,17,19H,2-5,7-8,10-16H2,1H3,(H,20,21). The summed E-state index contributed by atoms with van der Waals surface area (Å²) in [4.78, 5) is 10.3. The summed E-state index contributed by atoms with van der Waals surface area (Å²) in [6, 6.07) is 0. The summed E-state index contributed by atoms with van der Waals surface area (Å²) in [5.41, 5.74) is 0. The van der Waals surface area contributed by atoms with Crippen molar-refractivity contribution < 1.29 is 15.0 Å². The molecule has 0 rings (SSSR count). The van der Waals surface area contributed by atoms with Crippen molar-refractivity contribution in [2.45, 2.75) is 96.5 Å². The summed E-state index contributed by atoms with van der Waals surface area (Å²) in [6.07, 6.45) is 17.3. The molecule has 0 saturated heterocycles. The quantitative estimate of drug-likeness (QED) is 0.327. The molecule has 0 fully saturated rings. The number of allylic oxidation sites excluding steroid dienone is 2. The fourth-order valence-corrected chi connectivity index (χ4v) is 2.37. The van der Waals surface area contributed by atoms with Crippen LogP contribution in [0, 0.1) is 0 Å². The first-order valence-electron chi connectivity index (χ1n) is 8.71. The van der Waals surface area contributed by atoms with Gasteiger partial charge in [-0.05, 0) is 38.5 Å². The van der Waals surface area contributed by atoms with E-state index in [4.69, 9.17) is 5.11 Å². The zero-order valence-electron chi connectivity index (χ0n) is 13.7. The molecule has 0 spiro atoms. The van der Waals surface area contributed by atoms with Gasteiger partial charge in [0.05, 0.1) is 6.10 Å². The molecule has 124 valence electrons. The van der Waals surface area contributed by atoms with E-state index in [1.54, 1.807) is 0 Å². The van der Waals surface area contributed by atoms with Crippen LogP contribution in [0.1, 0.15) is 90.4 Å². The molecule has 0 aliphatic rings. The Morgan fingerprint density at radius 2 is 1.57 bits per heavy atom. The third-order valence-corrected chi connectivity index (χ3v) is 3.74. The fourth-order valence-electron chi connectivity index (χ4n) is 2.37. The van der Waals surface area contributed by atoms with Gasteiger partial charge in [-0.1, -0.05) is 57.6 Å². The second-order valence-electron chi connectivity index (χ2n) is 5.90. The van der Waals surface area contributed by atoms with Crippen molar-refractivity contribution in [3.8, 4) is 0 Å². The highest BCUT2D eigenvalue weighted by Crippen LogP contribution is 2.11. The smallest absolute Gasteiger partial charge is 0.303 e. The van der Waals surface area contributed by atoms with Gasteiger partial charge in [-0.3, -0.25) is 4.79 Å². The molecule has 0 aromatic heterocycles. The number of aliphatic hydroxyl groups excluding tert-OH is 1. The normalized spacial score (nSPS) is 12.9. The van der Waals surface area contributed by atoms with Crippen LogP contribution in [0.15, 0.2) is 12.2 Å². The van der Waals surface area contributed by atoms with E-state index < -0.39 is 5.97 Å². The first-order chi connectivity index (χ1) is 10.2. The molecule has 0 aromatic carbocycles. The molecule has 3 heteroatoms. The molecule has 0 aliphatic heterocycles. The molecule has 0 radical (unpaired) electrons. The lowest BCUT2D eigenvalue weighted by atomic mass is 10.0. The highest BCUT2D eigenvalue weighted by atomic mass is 16.4. The van der Waals surface area contributed by atoms with E-state index in [0.29, 0.717) is 0 Å². The summed E-state index contributed by atoms with van der Waals surface area (Å²) in [5, 5.41) is 18.4. The SMILES string of the molecule is CCCCCCCCC(O)CCC=CCCCCC(=O)O. The molecule has 1 atom stereocenters. The molecule has 2 N–H and O–H groups in total. The number of carboxylic acids is 1. The summed E-state index contributed by atoms with van der Waals surface area (Å²) >= 11 is 0. The summed E-state index contributed by atoms with van der Waals surface area (Å²) in [5.74, 6) is -0.711. The number of aliphatic carboxylic acids is 1. The minimum absolute atomic E-state index is 0.159. The molecule has 0 aromatic rings. The minimum atomic E-state index is -0.711. The van der Waals surface area contributed by atoms with Crippen LogP contribution < -0.4 is 0 Å². The van der Waals surface area contributed by atoms with E-state index in [2.05, 4.69) is 19.1 Å². The van der Waals surface area contributed by atoms with Crippen molar-refractivity contribution >= 4 is 5.97 Å². The average Bonchev–Trinajstić information content (AvgIpc) is 2.45. The molecule has 3 nitrogen and oxygen atoms in total. The average molecular weight is 298 g/mol.